The third-order valence-corrected chi connectivity index (χ3v) is 5.89. The number of hydrogen-bond donors (Lipinski definition) is 1. The zero-order chi connectivity index (χ0) is 17.2. The van der Waals surface area contributed by atoms with Crippen LogP contribution >= 0.6 is 43.2 Å². The van der Waals surface area contributed by atoms with E-state index < -0.39 is 0 Å². The van der Waals surface area contributed by atoms with Crippen LogP contribution in [0.15, 0.2) is 52.7 Å². The molecular formula is C17H13Br2N5S. The van der Waals surface area contributed by atoms with E-state index in [1.807, 2.05) is 28.9 Å². The molecule has 0 aromatic carbocycles. The largest absolute Gasteiger partial charge is 0.366 e. The van der Waals surface area contributed by atoms with Gasteiger partial charge in [0.2, 0.25) is 0 Å². The molecule has 0 amide bonds. The van der Waals surface area contributed by atoms with Gasteiger partial charge in [-0.2, -0.15) is 9.61 Å². The monoisotopic (exact) mass is 477 g/mol. The van der Waals surface area contributed by atoms with Crippen molar-refractivity contribution in [1.82, 2.24) is 19.6 Å². The fourth-order valence-electron chi connectivity index (χ4n) is 2.54. The molecule has 4 heterocycles. The number of thiophene rings is 1. The molecule has 5 nitrogen and oxygen atoms in total. The van der Waals surface area contributed by atoms with E-state index in [1.54, 1.807) is 23.7 Å². The quantitative estimate of drug-likeness (QED) is 0.404. The van der Waals surface area contributed by atoms with E-state index in [0.717, 1.165) is 37.4 Å². The number of anilines is 1. The maximum absolute atomic E-state index is 4.79. The minimum Gasteiger partial charge on any atom is -0.366 e. The molecular weight excluding hydrogens is 466 g/mol. The number of nitrogens with zero attached hydrogens (tertiary/aromatic N) is 4. The average Bonchev–Trinajstić information content (AvgIpc) is 3.27. The van der Waals surface area contributed by atoms with Crippen molar-refractivity contribution in [1.29, 1.82) is 0 Å². The molecule has 0 bridgehead atoms. The first-order chi connectivity index (χ1) is 12.3. The molecule has 0 spiro atoms. The number of hydrogen-bond acceptors (Lipinski definition) is 5. The maximum atomic E-state index is 4.79. The van der Waals surface area contributed by atoms with Crippen LogP contribution in [0, 0.1) is 0 Å². The standard InChI is InChI=1S/C17H13Br2N5S/c18-7-12-3-5-25-16(12)14-6-15(21-9-11-2-1-4-20-8-11)24-17(23-14)13(19)10-22-24/h1-6,8,10,21H,7,9H2. The summed E-state index contributed by atoms with van der Waals surface area (Å²) in [6, 6.07) is 8.14. The first-order valence-electron chi connectivity index (χ1n) is 7.56. The first-order valence-corrected chi connectivity index (χ1v) is 10.4. The fourth-order valence-corrected chi connectivity index (χ4v) is 4.43. The number of aromatic nitrogens is 4. The summed E-state index contributed by atoms with van der Waals surface area (Å²) in [6.07, 6.45) is 5.39. The van der Waals surface area contributed by atoms with Crippen LogP contribution in [0.4, 0.5) is 5.82 Å². The molecule has 0 radical (unpaired) electrons. The van der Waals surface area contributed by atoms with Crippen molar-refractivity contribution in [3.8, 4) is 10.6 Å². The SMILES string of the molecule is BrCc1ccsc1-c1cc(NCc2cccnc2)n2ncc(Br)c2n1. The minimum absolute atomic E-state index is 0.666. The van der Waals surface area contributed by atoms with Crippen molar-refractivity contribution in [2.24, 2.45) is 0 Å². The van der Waals surface area contributed by atoms with E-state index in [-0.39, 0.29) is 0 Å². The molecule has 0 atom stereocenters. The molecule has 1 N–H and O–H groups in total. The molecule has 0 unspecified atom stereocenters. The van der Waals surface area contributed by atoms with Crippen LogP contribution in [0.3, 0.4) is 0 Å². The Labute approximate surface area is 165 Å². The van der Waals surface area contributed by atoms with E-state index >= 15 is 0 Å². The number of fused-ring (bicyclic) bond motifs is 1. The van der Waals surface area contributed by atoms with Crippen molar-refractivity contribution in [2.75, 3.05) is 5.32 Å². The number of pyridine rings is 1. The Bertz CT molecular complexity index is 1010. The van der Waals surface area contributed by atoms with E-state index in [2.05, 4.69) is 58.7 Å². The van der Waals surface area contributed by atoms with Crippen LogP contribution in [0.1, 0.15) is 11.1 Å². The molecule has 0 aliphatic rings. The summed E-state index contributed by atoms with van der Waals surface area (Å²) in [5.74, 6) is 0.892. The highest BCUT2D eigenvalue weighted by molar-refractivity contribution is 9.10. The van der Waals surface area contributed by atoms with Crippen molar-refractivity contribution in [3.05, 3.63) is 63.8 Å². The van der Waals surface area contributed by atoms with Crippen LogP contribution in [-0.2, 0) is 11.9 Å². The van der Waals surface area contributed by atoms with E-state index in [0.29, 0.717) is 6.54 Å². The molecule has 4 rings (SSSR count). The predicted octanol–water partition coefficient (Wildman–Crippen LogP) is 5.12. The summed E-state index contributed by atoms with van der Waals surface area (Å²) in [7, 11) is 0. The second-order valence-corrected chi connectivity index (χ2v) is 7.71. The number of rotatable bonds is 5. The van der Waals surface area contributed by atoms with Crippen LogP contribution in [0.25, 0.3) is 16.2 Å². The Kier molecular flexibility index (Phi) is 4.82. The summed E-state index contributed by atoms with van der Waals surface area (Å²) < 4.78 is 2.68. The van der Waals surface area contributed by atoms with Crippen LogP contribution in [0.5, 0.6) is 0 Å². The van der Waals surface area contributed by atoms with Gasteiger partial charge in [0.05, 0.1) is 21.2 Å². The third-order valence-electron chi connectivity index (χ3n) is 3.75. The predicted molar refractivity (Wildman–Crippen MR) is 108 cm³/mol. The highest BCUT2D eigenvalue weighted by atomic mass is 79.9. The van der Waals surface area contributed by atoms with E-state index in [4.69, 9.17) is 4.98 Å². The Morgan fingerprint density at radius 1 is 1.24 bits per heavy atom. The number of alkyl halides is 1. The molecule has 0 saturated carbocycles. The topological polar surface area (TPSA) is 55.1 Å². The molecule has 8 heteroatoms. The van der Waals surface area contributed by atoms with E-state index in [1.165, 1.54) is 5.56 Å². The summed E-state index contributed by atoms with van der Waals surface area (Å²) >= 11 is 8.78. The average molecular weight is 479 g/mol. The molecule has 4 aromatic heterocycles. The van der Waals surface area contributed by atoms with Gasteiger partial charge in [-0.25, -0.2) is 4.98 Å². The summed E-state index contributed by atoms with van der Waals surface area (Å²) in [4.78, 5) is 10.1. The zero-order valence-electron chi connectivity index (χ0n) is 13.0. The summed E-state index contributed by atoms with van der Waals surface area (Å²) in [5.41, 5.74) is 4.07. The van der Waals surface area contributed by atoms with Crippen LogP contribution in [-0.4, -0.2) is 19.6 Å². The Balaban J connectivity index is 1.77. The minimum atomic E-state index is 0.666. The second kappa shape index (κ2) is 7.23. The summed E-state index contributed by atoms with van der Waals surface area (Å²) in [5, 5.41) is 10.8. The van der Waals surface area contributed by atoms with Gasteiger partial charge in [-0.1, -0.05) is 22.0 Å². The van der Waals surface area contributed by atoms with Gasteiger partial charge in [0.15, 0.2) is 5.65 Å². The Morgan fingerprint density at radius 3 is 2.96 bits per heavy atom. The second-order valence-electron chi connectivity index (χ2n) is 5.38. The lowest BCUT2D eigenvalue weighted by molar-refractivity contribution is 0.925. The van der Waals surface area contributed by atoms with Gasteiger partial charge in [-0.15, -0.1) is 11.3 Å². The lowest BCUT2D eigenvalue weighted by Gasteiger charge is -2.11. The molecule has 4 aromatic rings. The van der Waals surface area contributed by atoms with Crippen LogP contribution in [0.2, 0.25) is 0 Å². The normalized spacial score (nSPS) is 11.1. The van der Waals surface area contributed by atoms with Gasteiger partial charge in [0, 0.05) is 30.3 Å². The number of halogens is 2. The third kappa shape index (κ3) is 3.33. The summed E-state index contributed by atoms with van der Waals surface area (Å²) in [6.45, 7) is 0.666. The highest BCUT2D eigenvalue weighted by Gasteiger charge is 2.14. The Hall–Kier alpha value is -1.77. The molecule has 25 heavy (non-hydrogen) atoms. The first kappa shape index (κ1) is 16.7. The molecule has 0 saturated heterocycles. The molecule has 0 aliphatic heterocycles. The Morgan fingerprint density at radius 2 is 2.16 bits per heavy atom. The molecule has 0 fully saturated rings. The lowest BCUT2D eigenvalue weighted by Crippen LogP contribution is -2.07. The van der Waals surface area contributed by atoms with Gasteiger partial charge < -0.3 is 5.32 Å². The van der Waals surface area contributed by atoms with Crippen LogP contribution < -0.4 is 5.32 Å². The smallest absolute Gasteiger partial charge is 0.172 e. The highest BCUT2D eigenvalue weighted by Crippen LogP contribution is 2.33. The maximum Gasteiger partial charge on any atom is 0.172 e. The number of nitrogens with one attached hydrogen (secondary N) is 1. The van der Waals surface area contributed by atoms with Gasteiger partial charge in [-0.3, -0.25) is 4.98 Å². The van der Waals surface area contributed by atoms with Gasteiger partial charge >= 0.3 is 0 Å². The van der Waals surface area contributed by atoms with Crippen molar-refractivity contribution in [3.63, 3.8) is 0 Å². The van der Waals surface area contributed by atoms with Crippen molar-refractivity contribution < 1.29 is 0 Å². The van der Waals surface area contributed by atoms with Crippen molar-refractivity contribution >= 4 is 54.7 Å². The van der Waals surface area contributed by atoms with Gasteiger partial charge in [0.25, 0.3) is 0 Å². The van der Waals surface area contributed by atoms with Gasteiger partial charge in [-0.05, 0) is 44.6 Å². The lowest BCUT2D eigenvalue weighted by atomic mass is 10.2. The zero-order valence-corrected chi connectivity index (χ0v) is 17.0. The molecule has 0 aliphatic carbocycles. The van der Waals surface area contributed by atoms with E-state index in [9.17, 15) is 0 Å². The van der Waals surface area contributed by atoms with Crippen molar-refractivity contribution in [2.45, 2.75) is 11.9 Å². The fraction of sp³-hybridized carbons (Fsp3) is 0.118. The van der Waals surface area contributed by atoms with Gasteiger partial charge in [0.1, 0.15) is 5.82 Å². The molecule has 126 valence electrons.